The first-order chi connectivity index (χ1) is 18.1. The number of aromatic nitrogens is 7. The third-order valence-corrected chi connectivity index (χ3v) is 6.24. The van der Waals surface area contributed by atoms with Crippen molar-refractivity contribution in [3.63, 3.8) is 0 Å². The SMILES string of the molecule is CCCC(=O)Nc1cncc(-c2cnc3n[nH]c(-c4nc5c(-c6cccc(Cl)c6)cncc5[nH]4)c3c2)c1. The number of amides is 1. The van der Waals surface area contributed by atoms with Crippen molar-refractivity contribution in [3.8, 4) is 33.8 Å². The number of imidazole rings is 1. The molecule has 0 radical (unpaired) electrons. The number of hydrogen-bond donors (Lipinski definition) is 3. The highest BCUT2D eigenvalue weighted by Crippen LogP contribution is 2.33. The van der Waals surface area contributed by atoms with Gasteiger partial charge in [-0.3, -0.25) is 19.9 Å². The number of carbonyl (C=O) groups is 1. The van der Waals surface area contributed by atoms with E-state index in [-0.39, 0.29) is 5.91 Å². The van der Waals surface area contributed by atoms with Crippen LogP contribution in [0.2, 0.25) is 5.02 Å². The summed E-state index contributed by atoms with van der Waals surface area (Å²) in [4.78, 5) is 33.5. The lowest BCUT2D eigenvalue weighted by Gasteiger charge is -2.07. The Bertz CT molecular complexity index is 1770. The minimum absolute atomic E-state index is 0.0383. The predicted octanol–water partition coefficient (Wildman–Crippen LogP) is 6.02. The number of rotatable bonds is 6. The Labute approximate surface area is 216 Å². The molecule has 0 fully saturated rings. The van der Waals surface area contributed by atoms with Crippen molar-refractivity contribution in [2.45, 2.75) is 19.8 Å². The fourth-order valence-electron chi connectivity index (χ4n) is 4.27. The summed E-state index contributed by atoms with van der Waals surface area (Å²) in [6.07, 6.45) is 9.87. The van der Waals surface area contributed by atoms with Gasteiger partial charge < -0.3 is 10.3 Å². The van der Waals surface area contributed by atoms with Gasteiger partial charge in [-0.2, -0.15) is 5.10 Å². The molecule has 1 amide bonds. The third-order valence-electron chi connectivity index (χ3n) is 6.01. The topological polar surface area (TPSA) is 125 Å². The molecule has 0 unspecified atom stereocenters. The van der Waals surface area contributed by atoms with E-state index < -0.39 is 0 Å². The summed E-state index contributed by atoms with van der Waals surface area (Å²) in [6, 6.07) is 11.5. The summed E-state index contributed by atoms with van der Waals surface area (Å²) < 4.78 is 0. The molecule has 1 aromatic carbocycles. The molecule has 6 rings (SSSR count). The standard InChI is InChI=1S/C27H21ClN8O/c1-2-4-23(37)32-19-8-16(10-29-12-19)17-9-20-25(35-36-26(20)31-11-17)27-33-22-14-30-13-21(24(22)34-27)15-5-3-6-18(28)7-15/h3,5-14H,2,4H2,1H3,(H,32,37)(H,33,34)(H,31,35,36). The van der Waals surface area contributed by atoms with E-state index in [1.165, 1.54) is 0 Å². The van der Waals surface area contributed by atoms with E-state index in [2.05, 4.69) is 35.5 Å². The fourth-order valence-corrected chi connectivity index (χ4v) is 4.46. The number of carbonyl (C=O) groups excluding carboxylic acids is 1. The number of benzene rings is 1. The van der Waals surface area contributed by atoms with Gasteiger partial charge in [-0.05, 0) is 36.2 Å². The highest BCUT2D eigenvalue weighted by Gasteiger charge is 2.17. The van der Waals surface area contributed by atoms with Crippen molar-refractivity contribution in [1.29, 1.82) is 0 Å². The lowest BCUT2D eigenvalue weighted by molar-refractivity contribution is -0.116. The molecule has 0 aliphatic carbocycles. The van der Waals surface area contributed by atoms with Crippen LogP contribution in [0.3, 0.4) is 0 Å². The van der Waals surface area contributed by atoms with Gasteiger partial charge in [0.15, 0.2) is 11.5 Å². The second kappa shape index (κ2) is 9.44. The van der Waals surface area contributed by atoms with Gasteiger partial charge in [-0.15, -0.1) is 0 Å². The Morgan fingerprint density at radius 3 is 2.73 bits per heavy atom. The first-order valence-electron chi connectivity index (χ1n) is 11.8. The molecule has 0 spiro atoms. The summed E-state index contributed by atoms with van der Waals surface area (Å²) in [5.41, 5.74) is 6.95. The van der Waals surface area contributed by atoms with Crippen LogP contribution in [0.4, 0.5) is 5.69 Å². The summed E-state index contributed by atoms with van der Waals surface area (Å²) in [6.45, 7) is 1.97. The Balaban J connectivity index is 1.40. The van der Waals surface area contributed by atoms with Gasteiger partial charge in [0.25, 0.3) is 0 Å². The smallest absolute Gasteiger partial charge is 0.224 e. The third kappa shape index (κ3) is 4.41. The van der Waals surface area contributed by atoms with Crippen molar-refractivity contribution in [3.05, 3.63) is 72.4 Å². The van der Waals surface area contributed by atoms with Crippen molar-refractivity contribution in [2.24, 2.45) is 0 Å². The molecular formula is C27H21ClN8O. The maximum Gasteiger partial charge on any atom is 0.224 e. The van der Waals surface area contributed by atoms with E-state index in [9.17, 15) is 4.79 Å². The molecular weight excluding hydrogens is 488 g/mol. The van der Waals surface area contributed by atoms with E-state index in [1.807, 2.05) is 43.3 Å². The van der Waals surface area contributed by atoms with Crippen LogP contribution in [-0.4, -0.2) is 41.0 Å². The molecule has 0 bridgehead atoms. The average Bonchev–Trinajstić information content (AvgIpc) is 3.52. The lowest BCUT2D eigenvalue weighted by Crippen LogP contribution is -2.10. The van der Waals surface area contributed by atoms with Gasteiger partial charge in [-0.1, -0.05) is 30.7 Å². The molecule has 0 aliphatic rings. The maximum atomic E-state index is 12.0. The van der Waals surface area contributed by atoms with Gasteiger partial charge in [0, 0.05) is 46.7 Å². The van der Waals surface area contributed by atoms with Gasteiger partial charge in [0.1, 0.15) is 5.69 Å². The van der Waals surface area contributed by atoms with E-state index >= 15 is 0 Å². The molecule has 0 saturated carbocycles. The Kier molecular flexibility index (Phi) is 5.82. The van der Waals surface area contributed by atoms with Crippen LogP contribution in [0.1, 0.15) is 19.8 Å². The molecule has 9 nitrogen and oxygen atoms in total. The molecule has 5 heterocycles. The number of fused-ring (bicyclic) bond motifs is 2. The number of hydrogen-bond acceptors (Lipinski definition) is 6. The van der Waals surface area contributed by atoms with Crippen molar-refractivity contribution in [2.75, 3.05) is 5.32 Å². The number of anilines is 1. The van der Waals surface area contributed by atoms with Crippen LogP contribution in [0.25, 0.3) is 55.8 Å². The van der Waals surface area contributed by atoms with E-state index in [0.717, 1.165) is 45.1 Å². The molecule has 6 aromatic rings. The zero-order valence-corrected chi connectivity index (χ0v) is 20.5. The summed E-state index contributed by atoms with van der Waals surface area (Å²) in [5, 5.41) is 11.8. The minimum Gasteiger partial charge on any atom is -0.335 e. The van der Waals surface area contributed by atoms with Crippen LogP contribution in [0, 0.1) is 0 Å². The molecule has 37 heavy (non-hydrogen) atoms. The van der Waals surface area contributed by atoms with Crippen LogP contribution in [0.15, 0.2) is 67.4 Å². The minimum atomic E-state index is -0.0383. The van der Waals surface area contributed by atoms with E-state index in [0.29, 0.717) is 34.3 Å². The highest BCUT2D eigenvalue weighted by atomic mass is 35.5. The fraction of sp³-hybridized carbons (Fsp3) is 0.111. The molecule has 3 N–H and O–H groups in total. The number of halogens is 1. The zero-order chi connectivity index (χ0) is 25.4. The first-order valence-corrected chi connectivity index (χ1v) is 12.2. The second-order valence-electron chi connectivity index (χ2n) is 8.63. The Hall–Kier alpha value is -4.63. The normalized spacial score (nSPS) is 11.3. The molecule has 182 valence electrons. The Morgan fingerprint density at radius 1 is 1.00 bits per heavy atom. The van der Waals surface area contributed by atoms with Gasteiger partial charge in [-0.25, -0.2) is 9.97 Å². The quantitative estimate of drug-likeness (QED) is 0.253. The molecule has 5 aromatic heterocycles. The number of nitrogens with one attached hydrogen (secondary N) is 3. The molecule has 0 aliphatic heterocycles. The summed E-state index contributed by atoms with van der Waals surface area (Å²) in [5.74, 6) is 0.579. The van der Waals surface area contributed by atoms with E-state index in [4.69, 9.17) is 16.6 Å². The second-order valence-corrected chi connectivity index (χ2v) is 9.07. The van der Waals surface area contributed by atoms with Gasteiger partial charge in [0.2, 0.25) is 5.91 Å². The number of H-pyrrole nitrogens is 2. The molecule has 0 atom stereocenters. The Morgan fingerprint density at radius 2 is 1.86 bits per heavy atom. The summed E-state index contributed by atoms with van der Waals surface area (Å²) in [7, 11) is 0. The first kappa shape index (κ1) is 22.8. The van der Waals surface area contributed by atoms with Gasteiger partial charge in [0.05, 0.1) is 34.5 Å². The predicted molar refractivity (Wildman–Crippen MR) is 144 cm³/mol. The maximum absolute atomic E-state index is 12.0. The molecule has 10 heteroatoms. The monoisotopic (exact) mass is 508 g/mol. The van der Waals surface area contributed by atoms with Crippen molar-refractivity contribution >= 4 is 45.3 Å². The average molecular weight is 509 g/mol. The number of aromatic amines is 2. The number of nitrogens with zero attached hydrogens (tertiary/aromatic N) is 5. The van der Waals surface area contributed by atoms with Crippen molar-refractivity contribution < 1.29 is 4.79 Å². The van der Waals surface area contributed by atoms with Crippen LogP contribution in [0.5, 0.6) is 0 Å². The van der Waals surface area contributed by atoms with Crippen LogP contribution < -0.4 is 5.32 Å². The van der Waals surface area contributed by atoms with Crippen LogP contribution in [-0.2, 0) is 4.79 Å². The van der Waals surface area contributed by atoms with E-state index in [1.54, 1.807) is 31.0 Å². The zero-order valence-electron chi connectivity index (χ0n) is 19.8. The van der Waals surface area contributed by atoms with Crippen molar-refractivity contribution in [1.82, 2.24) is 35.1 Å². The lowest BCUT2D eigenvalue weighted by atomic mass is 10.1. The summed E-state index contributed by atoms with van der Waals surface area (Å²) >= 11 is 6.22. The van der Waals surface area contributed by atoms with Crippen LogP contribution >= 0.6 is 11.6 Å². The van der Waals surface area contributed by atoms with Gasteiger partial charge >= 0.3 is 0 Å². The largest absolute Gasteiger partial charge is 0.335 e. The highest BCUT2D eigenvalue weighted by molar-refractivity contribution is 6.30. The number of pyridine rings is 3. The molecule has 0 saturated heterocycles.